The third kappa shape index (κ3) is 5.19. The lowest BCUT2D eigenvalue weighted by Gasteiger charge is -2.28. The third-order valence-electron chi connectivity index (χ3n) is 3.60. The molecule has 0 bridgehead atoms. The van der Waals surface area contributed by atoms with Crippen molar-refractivity contribution >= 4 is 17.6 Å². The number of carbonyl (C=O) groups is 2. The summed E-state index contributed by atoms with van der Waals surface area (Å²) in [7, 11) is 1.45. The summed E-state index contributed by atoms with van der Waals surface area (Å²) >= 11 is 0. The molecule has 1 aliphatic heterocycles. The molecular weight excluding hydrogens is 302 g/mol. The summed E-state index contributed by atoms with van der Waals surface area (Å²) in [4.78, 5) is 29.5. The van der Waals surface area contributed by atoms with Gasteiger partial charge < -0.3 is 19.9 Å². The van der Waals surface area contributed by atoms with Crippen LogP contribution in [0.5, 0.6) is 5.88 Å². The van der Waals surface area contributed by atoms with Crippen LogP contribution in [0.15, 0.2) is 18.3 Å². The van der Waals surface area contributed by atoms with E-state index in [0.29, 0.717) is 44.4 Å². The number of hydrogen-bond donors (Lipinski definition) is 2. The van der Waals surface area contributed by atoms with Crippen LogP contribution in [0, 0.1) is 5.92 Å². The van der Waals surface area contributed by atoms with E-state index in [0.717, 1.165) is 0 Å². The van der Waals surface area contributed by atoms with E-state index >= 15 is 0 Å². The van der Waals surface area contributed by atoms with Crippen LogP contribution in [0.1, 0.15) is 6.42 Å². The first-order valence-corrected chi connectivity index (χ1v) is 7.42. The summed E-state index contributed by atoms with van der Waals surface area (Å²) in [5, 5.41) is 12.0. The number of rotatable bonds is 7. The van der Waals surface area contributed by atoms with E-state index in [1.165, 1.54) is 7.11 Å². The van der Waals surface area contributed by atoms with Gasteiger partial charge in [0, 0.05) is 32.3 Å². The van der Waals surface area contributed by atoms with Crippen LogP contribution in [-0.4, -0.2) is 66.8 Å². The summed E-state index contributed by atoms with van der Waals surface area (Å²) in [5.41, 5.74) is 0.426. The van der Waals surface area contributed by atoms with Crippen LogP contribution in [0.2, 0.25) is 0 Å². The number of pyridine rings is 1. The number of aliphatic carboxylic acids is 1. The highest BCUT2D eigenvalue weighted by Gasteiger charge is 2.25. The molecule has 1 aliphatic rings. The summed E-state index contributed by atoms with van der Waals surface area (Å²) in [6.45, 7) is 2.87. The number of nitrogens with one attached hydrogen (secondary N) is 1. The topological polar surface area (TPSA) is 101 Å². The molecule has 2 rings (SSSR count). The number of morpholine rings is 1. The van der Waals surface area contributed by atoms with Crippen LogP contribution in [0.4, 0.5) is 5.69 Å². The van der Waals surface area contributed by atoms with Gasteiger partial charge in [0.25, 0.3) is 0 Å². The van der Waals surface area contributed by atoms with Crippen molar-refractivity contribution in [2.45, 2.75) is 6.42 Å². The fourth-order valence-corrected chi connectivity index (χ4v) is 2.40. The lowest BCUT2D eigenvalue weighted by Crippen LogP contribution is -2.41. The van der Waals surface area contributed by atoms with E-state index in [1.54, 1.807) is 18.3 Å². The number of methoxy groups -OCH3 is 1. The molecule has 8 heteroatoms. The number of aromatic nitrogens is 1. The normalized spacial score (nSPS) is 16.6. The van der Waals surface area contributed by atoms with Gasteiger partial charge >= 0.3 is 5.97 Å². The molecular formula is C15H21N3O5. The monoisotopic (exact) mass is 323 g/mol. The maximum atomic E-state index is 12.1. The van der Waals surface area contributed by atoms with Gasteiger partial charge in [-0.15, -0.1) is 0 Å². The van der Waals surface area contributed by atoms with Crippen LogP contribution in [0.25, 0.3) is 0 Å². The molecule has 1 saturated heterocycles. The highest BCUT2D eigenvalue weighted by molar-refractivity contribution is 5.94. The second kappa shape index (κ2) is 8.44. The van der Waals surface area contributed by atoms with Crippen LogP contribution >= 0.6 is 0 Å². The molecule has 1 amide bonds. The van der Waals surface area contributed by atoms with E-state index in [2.05, 4.69) is 10.3 Å². The van der Waals surface area contributed by atoms with E-state index in [4.69, 9.17) is 9.47 Å². The quantitative estimate of drug-likeness (QED) is 0.751. The number of carboxylic acids is 1. The molecule has 1 aromatic heterocycles. The summed E-state index contributed by atoms with van der Waals surface area (Å²) < 4.78 is 10.3. The summed E-state index contributed by atoms with van der Waals surface area (Å²) in [6.07, 6.45) is 1.44. The minimum atomic E-state index is -0.982. The molecule has 1 aromatic rings. The Kier molecular flexibility index (Phi) is 6.30. The molecule has 1 atom stereocenters. The zero-order valence-corrected chi connectivity index (χ0v) is 13.0. The van der Waals surface area contributed by atoms with Crippen molar-refractivity contribution in [1.29, 1.82) is 0 Å². The minimum absolute atomic E-state index is 0.106. The zero-order chi connectivity index (χ0) is 16.7. The van der Waals surface area contributed by atoms with E-state index < -0.39 is 11.9 Å². The number of hydrogen-bond acceptors (Lipinski definition) is 6. The van der Waals surface area contributed by atoms with Gasteiger partial charge in [0.2, 0.25) is 11.8 Å². The smallest absolute Gasteiger partial charge is 0.308 e. The maximum Gasteiger partial charge on any atom is 0.308 e. The highest BCUT2D eigenvalue weighted by Crippen LogP contribution is 2.20. The average molecular weight is 323 g/mol. The number of nitrogens with zero attached hydrogens (tertiary/aromatic N) is 2. The highest BCUT2D eigenvalue weighted by atomic mass is 16.5. The van der Waals surface area contributed by atoms with Crippen LogP contribution in [-0.2, 0) is 14.3 Å². The SMILES string of the molecule is COc1ncccc1NC(=O)C[C@H](CN1CCOCC1)C(=O)O. The Balaban J connectivity index is 1.93. The third-order valence-corrected chi connectivity index (χ3v) is 3.60. The zero-order valence-electron chi connectivity index (χ0n) is 13.0. The van der Waals surface area contributed by atoms with Gasteiger partial charge in [0.1, 0.15) is 5.69 Å². The molecule has 0 radical (unpaired) electrons. The molecule has 2 N–H and O–H groups in total. The van der Waals surface area contributed by atoms with Gasteiger partial charge in [-0.2, -0.15) is 0 Å². The fourth-order valence-electron chi connectivity index (χ4n) is 2.40. The standard InChI is InChI=1S/C15H21N3O5/c1-22-14-12(3-2-4-16-14)17-13(19)9-11(15(20)21)10-18-5-7-23-8-6-18/h2-4,11H,5-10H2,1H3,(H,17,19)(H,20,21)/t11-/m1/s1. The Hall–Kier alpha value is -2.19. The van der Waals surface area contributed by atoms with Gasteiger partial charge in [-0.3, -0.25) is 14.5 Å². The van der Waals surface area contributed by atoms with Crippen molar-refractivity contribution in [3.63, 3.8) is 0 Å². The van der Waals surface area contributed by atoms with Crippen LogP contribution < -0.4 is 10.1 Å². The minimum Gasteiger partial charge on any atom is -0.481 e. The molecule has 8 nitrogen and oxygen atoms in total. The summed E-state index contributed by atoms with van der Waals surface area (Å²) in [6, 6.07) is 3.32. The van der Waals surface area contributed by atoms with Gasteiger partial charge in [0.15, 0.2) is 0 Å². The second-order valence-electron chi connectivity index (χ2n) is 5.26. The number of ether oxygens (including phenoxy) is 2. The first-order valence-electron chi connectivity index (χ1n) is 7.42. The van der Waals surface area contributed by atoms with Crippen molar-refractivity contribution in [2.75, 3.05) is 45.3 Å². The molecule has 23 heavy (non-hydrogen) atoms. The lowest BCUT2D eigenvalue weighted by molar-refractivity contribution is -0.144. The number of amides is 1. The molecule has 126 valence electrons. The number of carboxylic acid groups (broad SMARTS) is 1. The Morgan fingerprint density at radius 1 is 1.48 bits per heavy atom. The van der Waals surface area contributed by atoms with Crippen molar-refractivity contribution in [3.05, 3.63) is 18.3 Å². The lowest BCUT2D eigenvalue weighted by atomic mass is 10.0. The molecule has 0 unspecified atom stereocenters. The predicted molar refractivity (Wildman–Crippen MR) is 82.4 cm³/mol. The van der Waals surface area contributed by atoms with Gasteiger partial charge in [-0.25, -0.2) is 4.98 Å². The van der Waals surface area contributed by atoms with Gasteiger partial charge in [0.05, 0.1) is 26.2 Å². The van der Waals surface area contributed by atoms with E-state index in [-0.39, 0.29) is 12.3 Å². The Bertz CT molecular complexity index is 546. The predicted octanol–water partition coefficient (Wildman–Crippen LogP) is 0.452. The largest absolute Gasteiger partial charge is 0.481 e. The Labute approximate surface area is 134 Å². The van der Waals surface area contributed by atoms with E-state index in [9.17, 15) is 14.7 Å². The van der Waals surface area contributed by atoms with Gasteiger partial charge in [-0.05, 0) is 12.1 Å². The number of anilines is 1. The van der Waals surface area contributed by atoms with Crippen molar-refractivity contribution in [1.82, 2.24) is 9.88 Å². The molecule has 0 aliphatic carbocycles. The summed E-state index contributed by atoms with van der Waals surface area (Å²) in [5.74, 6) is -1.83. The molecule has 0 spiro atoms. The first-order chi connectivity index (χ1) is 11.1. The Morgan fingerprint density at radius 2 is 2.22 bits per heavy atom. The molecule has 2 heterocycles. The average Bonchev–Trinajstić information content (AvgIpc) is 2.55. The first kappa shape index (κ1) is 17.2. The second-order valence-corrected chi connectivity index (χ2v) is 5.26. The van der Waals surface area contributed by atoms with Gasteiger partial charge in [-0.1, -0.05) is 0 Å². The van der Waals surface area contributed by atoms with Crippen molar-refractivity contribution < 1.29 is 24.2 Å². The van der Waals surface area contributed by atoms with Crippen molar-refractivity contribution in [2.24, 2.45) is 5.92 Å². The molecule has 0 aromatic carbocycles. The van der Waals surface area contributed by atoms with Crippen LogP contribution in [0.3, 0.4) is 0 Å². The molecule has 1 fully saturated rings. The van der Waals surface area contributed by atoms with Crippen molar-refractivity contribution in [3.8, 4) is 5.88 Å². The molecule has 0 saturated carbocycles. The van der Waals surface area contributed by atoms with E-state index in [1.807, 2.05) is 4.90 Å². The number of carbonyl (C=O) groups excluding carboxylic acids is 1. The maximum absolute atomic E-state index is 12.1. The fraction of sp³-hybridized carbons (Fsp3) is 0.533. The Morgan fingerprint density at radius 3 is 2.87 bits per heavy atom.